The van der Waals surface area contributed by atoms with E-state index in [1.807, 2.05) is 0 Å². The van der Waals surface area contributed by atoms with Gasteiger partial charge in [-0.25, -0.2) is 0 Å². The average molecular weight is 270 g/mol. The van der Waals surface area contributed by atoms with Crippen LogP contribution in [0.5, 0.6) is 0 Å². The molecule has 0 aromatic rings. The number of carbonyl (C=O) groups excluding carboxylic acids is 1. The maximum absolute atomic E-state index is 11.1. The first-order chi connectivity index (χ1) is 9.09. The first-order valence-electron chi connectivity index (χ1n) is 7.82. The standard InChI is InChI=1S/C16H30O3/c1-3-4-5-6-7-8-9-10-11-12-13-15(14(2)17)16(18)19/h15H,3-13H2,1-2H3,(H,18,19)/t15-/m1/s1. The zero-order chi connectivity index (χ0) is 14.5. The van der Waals surface area contributed by atoms with Crippen LogP contribution in [0.2, 0.25) is 0 Å². The van der Waals surface area contributed by atoms with E-state index in [0.29, 0.717) is 6.42 Å². The quantitative estimate of drug-likeness (QED) is 0.393. The highest BCUT2D eigenvalue weighted by molar-refractivity contribution is 5.96. The van der Waals surface area contributed by atoms with Gasteiger partial charge in [-0.1, -0.05) is 71.1 Å². The average Bonchev–Trinajstić information content (AvgIpc) is 2.35. The van der Waals surface area contributed by atoms with Crippen molar-refractivity contribution < 1.29 is 14.7 Å². The molecular formula is C16H30O3. The smallest absolute Gasteiger partial charge is 0.314 e. The van der Waals surface area contributed by atoms with Crippen molar-refractivity contribution in [2.24, 2.45) is 5.92 Å². The van der Waals surface area contributed by atoms with Crippen LogP contribution in [-0.2, 0) is 9.59 Å². The number of Topliss-reactive ketones (excluding diaryl/α,β-unsaturated/α-hetero) is 1. The minimum atomic E-state index is -0.969. The lowest BCUT2D eigenvalue weighted by Crippen LogP contribution is -2.21. The molecule has 0 saturated heterocycles. The number of rotatable bonds is 13. The Balaban J connectivity index is 3.35. The van der Waals surface area contributed by atoms with E-state index in [9.17, 15) is 9.59 Å². The predicted octanol–water partition coefficient (Wildman–Crippen LogP) is 4.59. The largest absolute Gasteiger partial charge is 0.481 e. The number of hydrogen-bond donors (Lipinski definition) is 1. The van der Waals surface area contributed by atoms with Gasteiger partial charge in [0, 0.05) is 0 Å². The minimum absolute atomic E-state index is 0.219. The Morgan fingerprint density at radius 1 is 0.842 bits per heavy atom. The molecule has 0 aliphatic rings. The molecule has 0 radical (unpaired) electrons. The Hall–Kier alpha value is -0.860. The summed E-state index contributed by atoms with van der Waals surface area (Å²) < 4.78 is 0. The second kappa shape index (κ2) is 12.2. The Morgan fingerprint density at radius 2 is 1.26 bits per heavy atom. The summed E-state index contributed by atoms with van der Waals surface area (Å²) in [5.74, 6) is -1.97. The van der Waals surface area contributed by atoms with E-state index < -0.39 is 11.9 Å². The molecule has 0 heterocycles. The maximum Gasteiger partial charge on any atom is 0.314 e. The van der Waals surface area contributed by atoms with Gasteiger partial charge in [-0.2, -0.15) is 0 Å². The number of ketones is 1. The molecule has 3 heteroatoms. The maximum atomic E-state index is 11.1. The summed E-state index contributed by atoms with van der Waals surface area (Å²) in [6.45, 7) is 3.60. The molecule has 0 aromatic heterocycles. The molecule has 0 fully saturated rings. The lowest BCUT2D eigenvalue weighted by atomic mass is 9.97. The number of unbranched alkanes of at least 4 members (excludes halogenated alkanes) is 9. The normalized spacial score (nSPS) is 12.3. The third-order valence-corrected chi connectivity index (χ3v) is 3.64. The van der Waals surface area contributed by atoms with Crippen molar-refractivity contribution >= 4 is 11.8 Å². The first kappa shape index (κ1) is 18.1. The Bertz CT molecular complexity index is 234. The van der Waals surface area contributed by atoms with Gasteiger partial charge in [0.15, 0.2) is 0 Å². The van der Waals surface area contributed by atoms with Gasteiger partial charge in [-0.3, -0.25) is 9.59 Å². The molecule has 112 valence electrons. The highest BCUT2D eigenvalue weighted by atomic mass is 16.4. The summed E-state index contributed by atoms with van der Waals surface area (Å²) in [7, 11) is 0. The number of carboxylic acids is 1. The summed E-state index contributed by atoms with van der Waals surface area (Å²) in [4.78, 5) is 21.9. The minimum Gasteiger partial charge on any atom is -0.481 e. The predicted molar refractivity (Wildman–Crippen MR) is 78.3 cm³/mol. The van der Waals surface area contributed by atoms with Gasteiger partial charge >= 0.3 is 5.97 Å². The Labute approximate surface area is 117 Å². The molecule has 0 rings (SSSR count). The van der Waals surface area contributed by atoms with Crippen LogP contribution in [0.15, 0.2) is 0 Å². The van der Waals surface area contributed by atoms with Gasteiger partial charge in [0.05, 0.1) is 0 Å². The van der Waals surface area contributed by atoms with Gasteiger partial charge in [0.2, 0.25) is 0 Å². The molecule has 0 aliphatic heterocycles. The van der Waals surface area contributed by atoms with E-state index in [1.54, 1.807) is 0 Å². The summed E-state index contributed by atoms with van der Waals surface area (Å²) in [6, 6.07) is 0. The van der Waals surface area contributed by atoms with Crippen molar-refractivity contribution in [3.05, 3.63) is 0 Å². The van der Waals surface area contributed by atoms with Crippen LogP contribution in [0.4, 0.5) is 0 Å². The molecule has 0 aromatic carbocycles. The summed E-state index contributed by atoms with van der Waals surface area (Å²) in [6.07, 6.45) is 12.8. The lowest BCUT2D eigenvalue weighted by molar-refractivity contribution is -0.146. The van der Waals surface area contributed by atoms with E-state index in [2.05, 4.69) is 6.92 Å². The van der Waals surface area contributed by atoms with Crippen LogP contribution in [0.1, 0.15) is 84.5 Å². The van der Waals surface area contributed by atoms with Crippen molar-refractivity contribution in [1.29, 1.82) is 0 Å². The topological polar surface area (TPSA) is 54.4 Å². The molecule has 0 unspecified atom stereocenters. The van der Waals surface area contributed by atoms with Crippen LogP contribution < -0.4 is 0 Å². The monoisotopic (exact) mass is 270 g/mol. The fourth-order valence-electron chi connectivity index (χ4n) is 2.34. The van der Waals surface area contributed by atoms with Gasteiger partial charge in [0.1, 0.15) is 11.7 Å². The number of aliphatic carboxylic acids is 1. The van der Waals surface area contributed by atoms with Gasteiger partial charge in [-0.05, 0) is 13.3 Å². The summed E-state index contributed by atoms with van der Waals surface area (Å²) >= 11 is 0. The van der Waals surface area contributed by atoms with Crippen LogP contribution in [-0.4, -0.2) is 16.9 Å². The van der Waals surface area contributed by atoms with E-state index in [0.717, 1.165) is 19.3 Å². The second-order valence-corrected chi connectivity index (χ2v) is 5.47. The molecule has 0 bridgehead atoms. The molecule has 0 saturated carbocycles. The Kier molecular flexibility index (Phi) is 11.6. The first-order valence-corrected chi connectivity index (χ1v) is 7.82. The van der Waals surface area contributed by atoms with Crippen molar-refractivity contribution in [2.75, 3.05) is 0 Å². The summed E-state index contributed by atoms with van der Waals surface area (Å²) in [5.41, 5.74) is 0. The number of hydrogen-bond acceptors (Lipinski definition) is 2. The van der Waals surface area contributed by atoms with Crippen LogP contribution in [0.25, 0.3) is 0 Å². The molecule has 3 nitrogen and oxygen atoms in total. The Morgan fingerprint density at radius 3 is 1.63 bits per heavy atom. The van der Waals surface area contributed by atoms with E-state index in [4.69, 9.17) is 5.11 Å². The number of carbonyl (C=O) groups is 2. The molecule has 0 amide bonds. The van der Waals surface area contributed by atoms with Gasteiger partial charge < -0.3 is 5.11 Å². The molecule has 1 N–H and O–H groups in total. The van der Waals surface area contributed by atoms with Gasteiger partial charge in [0.25, 0.3) is 0 Å². The summed E-state index contributed by atoms with van der Waals surface area (Å²) in [5, 5.41) is 8.87. The van der Waals surface area contributed by atoms with Crippen LogP contribution >= 0.6 is 0 Å². The fourth-order valence-corrected chi connectivity index (χ4v) is 2.34. The van der Waals surface area contributed by atoms with Crippen LogP contribution in [0.3, 0.4) is 0 Å². The van der Waals surface area contributed by atoms with Crippen molar-refractivity contribution in [2.45, 2.75) is 84.5 Å². The number of carboxylic acid groups (broad SMARTS) is 1. The fraction of sp³-hybridized carbons (Fsp3) is 0.875. The van der Waals surface area contributed by atoms with Crippen LogP contribution in [0, 0.1) is 5.92 Å². The van der Waals surface area contributed by atoms with Crippen molar-refractivity contribution in [3.8, 4) is 0 Å². The van der Waals surface area contributed by atoms with E-state index in [1.165, 1.54) is 51.9 Å². The van der Waals surface area contributed by atoms with E-state index in [-0.39, 0.29) is 5.78 Å². The highest BCUT2D eigenvalue weighted by Gasteiger charge is 2.21. The lowest BCUT2D eigenvalue weighted by Gasteiger charge is -2.08. The zero-order valence-corrected chi connectivity index (χ0v) is 12.6. The molecular weight excluding hydrogens is 240 g/mol. The molecule has 0 spiro atoms. The molecule has 0 aliphatic carbocycles. The third kappa shape index (κ3) is 10.7. The second-order valence-electron chi connectivity index (χ2n) is 5.47. The van der Waals surface area contributed by atoms with Crippen molar-refractivity contribution in [3.63, 3.8) is 0 Å². The van der Waals surface area contributed by atoms with E-state index >= 15 is 0 Å². The highest BCUT2D eigenvalue weighted by Crippen LogP contribution is 2.14. The molecule has 19 heavy (non-hydrogen) atoms. The molecule has 1 atom stereocenters. The zero-order valence-electron chi connectivity index (χ0n) is 12.6. The van der Waals surface area contributed by atoms with Gasteiger partial charge in [-0.15, -0.1) is 0 Å². The van der Waals surface area contributed by atoms with Crippen molar-refractivity contribution in [1.82, 2.24) is 0 Å². The SMILES string of the molecule is CCCCCCCCCCCC[C@H](C(C)=O)C(=O)O. The third-order valence-electron chi connectivity index (χ3n) is 3.64.